The molecule has 1 aliphatic carbocycles. The molecule has 2 aliphatic rings. The first-order chi connectivity index (χ1) is 12.1. The quantitative estimate of drug-likeness (QED) is 0.783. The van der Waals surface area contributed by atoms with Crippen LogP contribution >= 0.6 is 11.6 Å². The van der Waals surface area contributed by atoms with Crippen molar-refractivity contribution in [2.24, 2.45) is 0 Å². The molecule has 0 N–H and O–H groups in total. The summed E-state index contributed by atoms with van der Waals surface area (Å²) in [6, 6.07) is 10.3. The molecule has 25 heavy (non-hydrogen) atoms. The molecule has 1 amide bonds. The molecule has 1 fully saturated rings. The van der Waals surface area contributed by atoms with Crippen LogP contribution in [0.15, 0.2) is 30.3 Å². The van der Waals surface area contributed by atoms with Gasteiger partial charge in [0.15, 0.2) is 0 Å². The number of rotatable bonds is 3. The number of hydrogen-bond donors (Lipinski definition) is 0. The zero-order valence-corrected chi connectivity index (χ0v) is 15.4. The molecule has 4 rings (SSSR count). The molecule has 1 aliphatic heterocycles. The Kier molecular flexibility index (Phi) is 4.51. The van der Waals surface area contributed by atoms with E-state index in [2.05, 4.69) is 17.0 Å². The number of carbonyl (C=O) groups is 1. The summed E-state index contributed by atoms with van der Waals surface area (Å²) < 4.78 is 0. The second-order valence-electron chi connectivity index (χ2n) is 7.26. The van der Waals surface area contributed by atoms with E-state index in [0.29, 0.717) is 12.6 Å². The van der Waals surface area contributed by atoms with Gasteiger partial charge in [0.1, 0.15) is 0 Å². The van der Waals surface area contributed by atoms with Crippen LogP contribution in [0.4, 0.5) is 0 Å². The molecule has 0 radical (unpaired) electrons. The molecule has 0 atom stereocenters. The van der Waals surface area contributed by atoms with Gasteiger partial charge in [-0.3, -0.25) is 9.78 Å². The maximum Gasteiger partial charge on any atom is 0.256 e. The second-order valence-corrected chi connectivity index (χ2v) is 7.70. The van der Waals surface area contributed by atoms with Crippen LogP contribution in [0.25, 0.3) is 0 Å². The van der Waals surface area contributed by atoms with Gasteiger partial charge < -0.3 is 4.90 Å². The van der Waals surface area contributed by atoms with E-state index in [0.717, 1.165) is 52.4 Å². The average molecular weight is 355 g/mol. The summed E-state index contributed by atoms with van der Waals surface area (Å²) in [6.45, 7) is 2.71. The van der Waals surface area contributed by atoms with Crippen molar-refractivity contribution in [1.29, 1.82) is 0 Å². The number of amides is 1. The van der Waals surface area contributed by atoms with Crippen molar-refractivity contribution in [2.45, 2.75) is 58.0 Å². The predicted molar refractivity (Wildman–Crippen MR) is 100.0 cm³/mol. The first-order valence-electron chi connectivity index (χ1n) is 9.16. The van der Waals surface area contributed by atoms with E-state index in [9.17, 15) is 4.79 Å². The van der Waals surface area contributed by atoms with Gasteiger partial charge in [-0.25, -0.2) is 0 Å². The third kappa shape index (κ3) is 3.30. The van der Waals surface area contributed by atoms with Crippen molar-refractivity contribution in [3.8, 4) is 0 Å². The van der Waals surface area contributed by atoms with Crippen molar-refractivity contribution in [1.82, 2.24) is 9.88 Å². The number of nitrogens with zero attached hydrogens (tertiary/aromatic N) is 2. The van der Waals surface area contributed by atoms with Gasteiger partial charge in [0.25, 0.3) is 5.91 Å². The van der Waals surface area contributed by atoms with Gasteiger partial charge in [-0.1, -0.05) is 43.0 Å². The summed E-state index contributed by atoms with van der Waals surface area (Å²) in [7, 11) is 0. The summed E-state index contributed by atoms with van der Waals surface area (Å²) in [4.78, 5) is 19.8. The monoisotopic (exact) mass is 354 g/mol. The van der Waals surface area contributed by atoms with Crippen molar-refractivity contribution in [3.63, 3.8) is 0 Å². The molecule has 0 bridgehead atoms. The molecule has 0 unspecified atom stereocenters. The number of aromatic nitrogens is 1. The van der Waals surface area contributed by atoms with Crippen LogP contribution in [0.5, 0.6) is 0 Å². The van der Waals surface area contributed by atoms with Crippen molar-refractivity contribution in [2.75, 3.05) is 0 Å². The highest BCUT2D eigenvalue weighted by atomic mass is 35.5. The lowest BCUT2D eigenvalue weighted by atomic mass is 9.94. The minimum absolute atomic E-state index is 0.168. The van der Waals surface area contributed by atoms with Gasteiger partial charge in [0.05, 0.1) is 17.8 Å². The highest BCUT2D eigenvalue weighted by Gasteiger charge is 2.34. The average Bonchev–Trinajstić information content (AvgIpc) is 2.92. The fourth-order valence-corrected chi connectivity index (χ4v) is 4.34. The molecular weight excluding hydrogens is 332 g/mol. The fraction of sp³-hybridized carbons (Fsp3) is 0.429. The summed E-state index contributed by atoms with van der Waals surface area (Å²) in [5.74, 6) is 0.168. The van der Waals surface area contributed by atoms with E-state index in [-0.39, 0.29) is 5.91 Å². The highest BCUT2D eigenvalue weighted by molar-refractivity contribution is 6.30. The third-order valence-electron chi connectivity index (χ3n) is 5.51. The molecule has 2 heterocycles. The van der Waals surface area contributed by atoms with E-state index >= 15 is 0 Å². The first-order valence-corrected chi connectivity index (χ1v) is 9.54. The minimum atomic E-state index is 0.168. The van der Waals surface area contributed by atoms with Gasteiger partial charge in [0.2, 0.25) is 0 Å². The number of aryl methyl sites for hydroxylation is 1. The zero-order chi connectivity index (χ0) is 17.4. The lowest BCUT2D eigenvalue weighted by Gasteiger charge is -2.30. The van der Waals surface area contributed by atoms with Crippen LogP contribution in [-0.4, -0.2) is 21.8 Å². The maximum atomic E-state index is 12.9. The van der Waals surface area contributed by atoms with Crippen molar-refractivity contribution < 1.29 is 4.79 Å². The number of carbonyl (C=O) groups excluding carboxylic acids is 1. The topological polar surface area (TPSA) is 33.2 Å². The highest BCUT2D eigenvalue weighted by Crippen LogP contribution is 2.31. The summed E-state index contributed by atoms with van der Waals surface area (Å²) in [5, 5.41) is 0.740. The minimum Gasteiger partial charge on any atom is -0.330 e. The van der Waals surface area contributed by atoms with E-state index in [4.69, 9.17) is 16.6 Å². The number of benzene rings is 1. The van der Waals surface area contributed by atoms with E-state index in [1.165, 1.54) is 19.3 Å². The Labute approximate surface area is 154 Å². The van der Waals surface area contributed by atoms with Gasteiger partial charge in [0, 0.05) is 16.8 Å². The molecule has 1 aromatic carbocycles. The molecule has 130 valence electrons. The Bertz CT molecular complexity index is 812. The Balaban J connectivity index is 1.60. The van der Waals surface area contributed by atoms with Crippen molar-refractivity contribution >= 4 is 17.5 Å². The van der Waals surface area contributed by atoms with Crippen molar-refractivity contribution in [3.05, 3.63) is 63.4 Å². The zero-order valence-electron chi connectivity index (χ0n) is 14.6. The van der Waals surface area contributed by atoms with Gasteiger partial charge in [-0.15, -0.1) is 0 Å². The summed E-state index contributed by atoms with van der Waals surface area (Å²) in [5.41, 5.74) is 5.01. The Morgan fingerprint density at radius 2 is 2.00 bits per heavy atom. The summed E-state index contributed by atoms with van der Waals surface area (Å²) in [6.07, 6.45) is 6.78. The molecule has 2 aromatic rings. The van der Waals surface area contributed by atoms with Crippen LogP contribution in [-0.2, 0) is 13.0 Å². The predicted octanol–water partition coefficient (Wildman–Crippen LogP) is 4.92. The second kappa shape index (κ2) is 6.80. The fourth-order valence-electron chi connectivity index (χ4n) is 4.12. The van der Waals surface area contributed by atoms with Crippen LogP contribution < -0.4 is 0 Å². The lowest BCUT2D eigenvalue weighted by molar-refractivity contribution is 0.0659. The SMILES string of the molecule is Cc1nc2c(cc1Cc1cccc(Cl)c1)C(=O)N(C1CCCCC1)C2. The van der Waals surface area contributed by atoms with E-state index < -0.39 is 0 Å². The number of pyridine rings is 1. The molecule has 1 saturated carbocycles. The third-order valence-corrected chi connectivity index (χ3v) is 5.74. The van der Waals surface area contributed by atoms with Crippen LogP contribution in [0.2, 0.25) is 5.02 Å². The lowest BCUT2D eigenvalue weighted by Crippen LogP contribution is -2.36. The Morgan fingerprint density at radius 3 is 2.76 bits per heavy atom. The molecule has 4 heteroatoms. The normalized spacial score (nSPS) is 17.8. The van der Waals surface area contributed by atoms with Crippen LogP contribution in [0, 0.1) is 6.92 Å². The molecular formula is C21H23ClN2O. The molecule has 3 nitrogen and oxygen atoms in total. The van der Waals surface area contributed by atoms with Crippen LogP contribution in [0.3, 0.4) is 0 Å². The van der Waals surface area contributed by atoms with Gasteiger partial charge in [-0.05, 0) is 55.5 Å². The smallest absolute Gasteiger partial charge is 0.256 e. The summed E-state index contributed by atoms with van der Waals surface area (Å²) >= 11 is 6.10. The molecule has 1 aromatic heterocycles. The Morgan fingerprint density at radius 1 is 1.20 bits per heavy atom. The van der Waals surface area contributed by atoms with E-state index in [1.807, 2.05) is 25.1 Å². The number of halogens is 1. The maximum absolute atomic E-state index is 12.9. The van der Waals surface area contributed by atoms with E-state index in [1.54, 1.807) is 0 Å². The number of fused-ring (bicyclic) bond motifs is 1. The van der Waals surface area contributed by atoms with Gasteiger partial charge in [-0.2, -0.15) is 0 Å². The molecule has 0 saturated heterocycles. The van der Waals surface area contributed by atoms with Crippen LogP contribution in [0.1, 0.15) is 65.0 Å². The standard InChI is InChI=1S/C21H23ClN2O/c1-14-16(10-15-6-5-7-17(22)11-15)12-19-20(23-14)13-24(21(19)25)18-8-3-2-4-9-18/h5-7,11-12,18H,2-4,8-10,13H2,1H3. The first kappa shape index (κ1) is 16.6. The Hall–Kier alpha value is -1.87. The van der Waals surface area contributed by atoms with Gasteiger partial charge >= 0.3 is 0 Å². The largest absolute Gasteiger partial charge is 0.330 e. The molecule has 0 spiro atoms. The number of hydrogen-bond acceptors (Lipinski definition) is 2.